The molecule has 2 aliphatic rings. The zero-order valence-corrected chi connectivity index (χ0v) is 16.5. The summed E-state index contributed by atoms with van der Waals surface area (Å²) in [5.74, 6) is -0.208. The number of rotatable bonds is 4. The molecular weight excluding hydrogens is 366 g/mol. The minimum Gasteiger partial charge on any atom is -0.323 e. The van der Waals surface area contributed by atoms with Crippen LogP contribution in [-0.4, -0.2) is 58.9 Å². The highest BCUT2D eigenvalue weighted by atomic mass is 16.2. The highest BCUT2D eigenvalue weighted by Gasteiger charge is 2.29. The Morgan fingerprint density at radius 2 is 1.66 bits per heavy atom. The van der Waals surface area contributed by atoms with Gasteiger partial charge in [0, 0.05) is 48.5 Å². The second kappa shape index (κ2) is 9.05. The molecule has 2 saturated heterocycles. The Morgan fingerprint density at radius 3 is 2.41 bits per heavy atom. The molecule has 152 valence electrons. The van der Waals surface area contributed by atoms with Crippen LogP contribution in [-0.2, 0) is 0 Å². The van der Waals surface area contributed by atoms with Gasteiger partial charge in [0.15, 0.2) is 0 Å². The molecule has 1 atom stereocenters. The smallest absolute Gasteiger partial charge is 0.321 e. The molecule has 2 aromatic rings. The predicted molar refractivity (Wildman–Crippen MR) is 113 cm³/mol. The molecule has 3 amide bonds. The topological polar surface area (TPSA) is 77.6 Å². The first-order chi connectivity index (χ1) is 14.2. The van der Waals surface area contributed by atoms with Gasteiger partial charge in [-0.15, -0.1) is 0 Å². The van der Waals surface area contributed by atoms with E-state index in [4.69, 9.17) is 0 Å². The van der Waals surface area contributed by atoms with Crippen molar-refractivity contribution in [3.05, 3.63) is 54.4 Å². The highest BCUT2D eigenvalue weighted by molar-refractivity contribution is 6.04. The van der Waals surface area contributed by atoms with Crippen molar-refractivity contribution < 1.29 is 9.59 Å². The van der Waals surface area contributed by atoms with E-state index in [-0.39, 0.29) is 11.9 Å². The lowest BCUT2D eigenvalue weighted by Crippen LogP contribution is -2.50. The van der Waals surface area contributed by atoms with E-state index in [1.807, 2.05) is 17.0 Å². The Hall–Kier alpha value is -2.93. The molecule has 0 radical (unpaired) electrons. The first-order valence-electron chi connectivity index (χ1n) is 10.3. The van der Waals surface area contributed by atoms with Crippen LogP contribution in [0, 0.1) is 0 Å². The van der Waals surface area contributed by atoms with Crippen molar-refractivity contribution in [3.63, 3.8) is 0 Å². The second-order valence-electron chi connectivity index (χ2n) is 7.69. The monoisotopic (exact) mass is 393 g/mol. The van der Waals surface area contributed by atoms with Gasteiger partial charge >= 0.3 is 6.03 Å². The average molecular weight is 393 g/mol. The molecule has 29 heavy (non-hydrogen) atoms. The number of amides is 3. The number of carbonyl (C=O) groups excluding carboxylic acids is 2. The maximum atomic E-state index is 12.8. The van der Waals surface area contributed by atoms with Crippen LogP contribution in [0.15, 0.2) is 48.8 Å². The van der Waals surface area contributed by atoms with E-state index >= 15 is 0 Å². The highest BCUT2D eigenvalue weighted by Crippen LogP contribution is 2.22. The van der Waals surface area contributed by atoms with Gasteiger partial charge in [-0.25, -0.2) is 4.79 Å². The van der Waals surface area contributed by atoms with E-state index < -0.39 is 0 Å². The summed E-state index contributed by atoms with van der Waals surface area (Å²) in [4.78, 5) is 33.5. The van der Waals surface area contributed by atoms with Gasteiger partial charge in [-0.3, -0.25) is 14.7 Å². The molecule has 0 spiro atoms. The fourth-order valence-electron chi connectivity index (χ4n) is 4.13. The van der Waals surface area contributed by atoms with Crippen molar-refractivity contribution in [2.45, 2.75) is 31.7 Å². The van der Waals surface area contributed by atoms with Crippen molar-refractivity contribution in [3.8, 4) is 0 Å². The quantitative estimate of drug-likeness (QED) is 0.834. The Labute approximate surface area is 171 Å². The van der Waals surface area contributed by atoms with Crippen molar-refractivity contribution in [1.82, 2.24) is 14.8 Å². The van der Waals surface area contributed by atoms with Gasteiger partial charge in [-0.1, -0.05) is 6.07 Å². The summed E-state index contributed by atoms with van der Waals surface area (Å²) in [6.07, 6.45) is 7.90. The van der Waals surface area contributed by atoms with Crippen LogP contribution in [0.5, 0.6) is 0 Å². The number of carbonyl (C=O) groups is 2. The minimum absolute atomic E-state index is 0.0773. The summed E-state index contributed by atoms with van der Waals surface area (Å²) >= 11 is 0. The number of piperidine rings is 1. The molecule has 2 fully saturated rings. The summed E-state index contributed by atoms with van der Waals surface area (Å²) in [6, 6.07) is 11.0. The summed E-state index contributed by atoms with van der Waals surface area (Å²) in [5, 5.41) is 5.84. The first kappa shape index (κ1) is 19.4. The fraction of sp³-hybridized carbons (Fsp3) is 0.409. The third kappa shape index (κ3) is 4.92. The van der Waals surface area contributed by atoms with E-state index in [1.165, 1.54) is 19.3 Å². The lowest BCUT2D eigenvalue weighted by molar-refractivity contribution is 0.102. The summed E-state index contributed by atoms with van der Waals surface area (Å²) in [6.45, 7) is 3.87. The molecule has 2 N–H and O–H groups in total. The molecule has 7 nitrogen and oxygen atoms in total. The van der Waals surface area contributed by atoms with E-state index in [1.54, 1.807) is 36.7 Å². The van der Waals surface area contributed by atoms with Gasteiger partial charge in [-0.2, -0.15) is 0 Å². The third-order valence-corrected chi connectivity index (χ3v) is 5.65. The Morgan fingerprint density at radius 1 is 0.931 bits per heavy atom. The Kier molecular flexibility index (Phi) is 6.05. The number of anilines is 2. The van der Waals surface area contributed by atoms with E-state index in [2.05, 4.69) is 20.5 Å². The van der Waals surface area contributed by atoms with Gasteiger partial charge in [-0.05, 0) is 69.1 Å². The molecular formula is C22H27N5O2. The number of hydrogen-bond donors (Lipinski definition) is 2. The van der Waals surface area contributed by atoms with E-state index in [0.717, 1.165) is 32.6 Å². The van der Waals surface area contributed by atoms with Crippen LogP contribution in [0.4, 0.5) is 16.2 Å². The fourth-order valence-corrected chi connectivity index (χ4v) is 4.13. The van der Waals surface area contributed by atoms with E-state index in [0.29, 0.717) is 23.0 Å². The molecule has 4 rings (SSSR count). The summed E-state index contributed by atoms with van der Waals surface area (Å²) in [5.41, 5.74) is 1.85. The lowest BCUT2D eigenvalue weighted by Gasteiger charge is -2.37. The van der Waals surface area contributed by atoms with Crippen molar-refractivity contribution in [2.75, 3.05) is 36.8 Å². The van der Waals surface area contributed by atoms with Crippen molar-refractivity contribution in [2.24, 2.45) is 0 Å². The van der Waals surface area contributed by atoms with Crippen LogP contribution >= 0.6 is 0 Å². The van der Waals surface area contributed by atoms with Gasteiger partial charge < -0.3 is 15.5 Å². The zero-order valence-electron chi connectivity index (χ0n) is 16.5. The molecule has 1 aromatic carbocycles. The molecule has 0 bridgehead atoms. The zero-order chi connectivity index (χ0) is 20.1. The van der Waals surface area contributed by atoms with Crippen molar-refractivity contribution >= 4 is 23.3 Å². The number of hydrogen-bond acceptors (Lipinski definition) is 4. The van der Waals surface area contributed by atoms with Gasteiger partial charge in [0.05, 0.1) is 0 Å². The van der Waals surface area contributed by atoms with Crippen molar-refractivity contribution in [1.29, 1.82) is 0 Å². The Bertz CT molecular complexity index is 851. The predicted octanol–water partition coefficient (Wildman–Crippen LogP) is 3.43. The second-order valence-corrected chi connectivity index (χ2v) is 7.69. The Balaban J connectivity index is 1.36. The molecule has 0 saturated carbocycles. The standard InChI is InChI=1S/C22H27N5O2/c28-21(17-8-10-23-11-9-17)24-18-5-3-6-19(15-18)25-22(29)27-14-4-7-20(16-27)26-12-1-2-13-26/h3,5-6,8-11,15,20H,1-2,4,7,12-14,16H2,(H,24,28)(H,25,29). The molecule has 3 heterocycles. The minimum atomic E-state index is -0.208. The van der Waals surface area contributed by atoms with Crippen LogP contribution in [0.1, 0.15) is 36.0 Å². The maximum Gasteiger partial charge on any atom is 0.321 e. The normalized spacial score (nSPS) is 19.7. The van der Waals surface area contributed by atoms with Crippen LogP contribution in [0.25, 0.3) is 0 Å². The van der Waals surface area contributed by atoms with Crippen LogP contribution in [0.3, 0.4) is 0 Å². The number of urea groups is 1. The summed E-state index contributed by atoms with van der Waals surface area (Å²) in [7, 11) is 0. The number of likely N-dealkylation sites (tertiary alicyclic amines) is 2. The first-order valence-corrected chi connectivity index (χ1v) is 10.3. The lowest BCUT2D eigenvalue weighted by atomic mass is 10.0. The average Bonchev–Trinajstić information content (AvgIpc) is 3.30. The maximum absolute atomic E-state index is 12.8. The number of benzene rings is 1. The van der Waals surface area contributed by atoms with Gasteiger partial charge in [0.1, 0.15) is 0 Å². The number of aromatic nitrogens is 1. The summed E-state index contributed by atoms with van der Waals surface area (Å²) < 4.78 is 0. The number of nitrogens with one attached hydrogen (secondary N) is 2. The third-order valence-electron chi connectivity index (χ3n) is 5.65. The molecule has 2 aliphatic heterocycles. The number of nitrogens with zero attached hydrogens (tertiary/aromatic N) is 3. The van der Waals surface area contributed by atoms with Crippen LogP contribution < -0.4 is 10.6 Å². The SMILES string of the molecule is O=C(Nc1cccc(NC(=O)N2CCCC(N3CCCC3)C2)c1)c1ccncc1. The van der Waals surface area contributed by atoms with Crippen LogP contribution in [0.2, 0.25) is 0 Å². The largest absolute Gasteiger partial charge is 0.323 e. The molecule has 1 aromatic heterocycles. The molecule has 0 aliphatic carbocycles. The van der Waals surface area contributed by atoms with Gasteiger partial charge in [0.2, 0.25) is 0 Å². The van der Waals surface area contributed by atoms with E-state index in [9.17, 15) is 9.59 Å². The number of pyridine rings is 1. The molecule has 7 heteroatoms. The molecule has 1 unspecified atom stereocenters. The van der Waals surface area contributed by atoms with Gasteiger partial charge in [0.25, 0.3) is 5.91 Å².